The summed E-state index contributed by atoms with van der Waals surface area (Å²) in [5.74, 6) is -0.253. The first kappa shape index (κ1) is 13.1. The van der Waals surface area contributed by atoms with Crippen molar-refractivity contribution in [1.29, 1.82) is 0 Å². The van der Waals surface area contributed by atoms with Gasteiger partial charge < -0.3 is 9.88 Å². The third-order valence-electron chi connectivity index (χ3n) is 2.66. The monoisotopic (exact) mass is 311 g/mol. The molecule has 3 nitrogen and oxygen atoms in total. The van der Waals surface area contributed by atoms with Crippen LogP contribution in [0.2, 0.25) is 0 Å². The zero-order valence-electron chi connectivity index (χ0n) is 10.2. The van der Waals surface area contributed by atoms with Crippen molar-refractivity contribution in [3.63, 3.8) is 0 Å². The predicted octanol–water partition coefficient (Wildman–Crippen LogP) is 3.81. The molecule has 0 aliphatic carbocycles. The lowest BCUT2D eigenvalue weighted by Gasteiger charge is -2.09. The van der Waals surface area contributed by atoms with Crippen molar-refractivity contribution in [3.05, 3.63) is 46.7 Å². The number of rotatable bonds is 5. The number of aromatic nitrogens is 2. The van der Waals surface area contributed by atoms with Gasteiger partial charge in [0.15, 0.2) is 0 Å². The summed E-state index contributed by atoms with van der Waals surface area (Å²) in [7, 11) is 0. The average molecular weight is 312 g/mol. The van der Waals surface area contributed by atoms with E-state index in [4.69, 9.17) is 0 Å². The molecule has 2 aromatic rings. The molecule has 0 atom stereocenters. The first-order chi connectivity index (χ1) is 8.70. The van der Waals surface area contributed by atoms with Crippen LogP contribution in [0, 0.1) is 5.82 Å². The molecule has 0 bridgehead atoms. The molecule has 1 heterocycles. The van der Waals surface area contributed by atoms with Crippen molar-refractivity contribution in [2.75, 3.05) is 5.32 Å². The lowest BCUT2D eigenvalue weighted by molar-refractivity contribution is 0.621. The van der Waals surface area contributed by atoms with Crippen LogP contribution in [0.5, 0.6) is 0 Å². The van der Waals surface area contributed by atoms with Gasteiger partial charge in [-0.3, -0.25) is 0 Å². The summed E-state index contributed by atoms with van der Waals surface area (Å²) in [5, 5.41) is 3.26. The van der Waals surface area contributed by atoms with Crippen LogP contribution < -0.4 is 5.32 Å². The van der Waals surface area contributed by atoms with E-state index in [0.29, 0.717) is 11.0 Å². The Morgan fingerprint density at radius 2 is 2.28 bits per heavy atom. The van der Waals surface area contributed by atoms with Gasteiger partial charge in [0.2, 0.25) is 0 Å². The molecule has 0 fully saturated rings. The zero-order chi connectivity index (χ0) is 13.0. The lowest BCUT2D eigenvalue weighted by Crippen LogP contribution is -2.06. The van der Waals surface area contributed by atoms with Crippen molar-refractivity contribution in [2.24, 2.45) is 0 Å². The van der Waals surface area contributed by atoms with Crippen LogP contribution in [0.1, 0.15) is 19.0 Å². The molecule has 0 aliphatic rings. The third kappa shape index (κ3) is 3.10. The number of nitrogens with one attached hydrogen (secondary N) is 1. The molecule has 0 saturated heterocycles. The first-order valence-electron chi connectivity index (χ1n) is 5.88. The van der Waals surface area contributed by atoms with Crippen LogP contribution in [0.3, 0.4) is 0 Å². The maximum atomic E-state index is 13.1. The standard InChI is InChI=1S/C13H15BrFN3/c1-2-5-18-9-16-7-11(18)8-17-10-3-4-13(15)12(14)6-10/h3-4,6-7,9,17H,2,5,8H2,1H3. The van der Waals surface area contributed by atoms with Gasteiger partial charge in [0.05, 0.1) is 23.0 Å². The van der Waals surface area contributed by atoms with Gasteiger partial charge in [-0.15, -0.1) is 0 Å². The van der Waals surface area contributed by atoms with Crippen LogP contribution in [0.15, 0.2) is 35.2 Å². The smallest absolute Gasteiger partial charge is 0.137 e. The fourth-order valence-electron chi connectivity index (χ4n) is 1.74. The molecule has 1 N–H and O–H groups in total. The van der Waals surface area contributed by atoms with Gasteiger partial charge in [0.25, 0.3) is 0 Å². The highest BCUT2D eigenvalue weighted by molar-refractivity contribution is 9.10. The maximum absolute atomic E-state index is 13.1. The molecule has 0 spiro atoms. The first-order valence-corrected chi connectivity index (χ1v) is 6.68. The van der Waals surface area contributed by atoms with Gasteiger partial charge in [0.1, 0.15) is 5.82 Å². The molecule has 5 heteroatoms. The summed E-state index contributed by atoms with van der Waals surface area (Å²) in [4.78, 5) is 4.14. The summed E-state index contributed by atoms with van der Waals surface area (Å²) in [5.41, 5.74) is 2.00. The summed E-state index contributed by atoms with van der Waals surface area (Å²) >= 11 is 3.17. The topological polar surface area (TPSA) is 29.9 Å². The van der Waals surface area contributed by atoms with E-state index in [9.17, 15) is 4.39 Å². The Bertz CT molecular complexity index is 525. The molecule has 18 heavy (non-hydrogen) atoms. The normalized spacial score (nSPS) is 10.6. The summed E-state index contributed by atoms with van der Waals surface area (Å²) in [6, 6.07) is 4.90. The third-order valence-corrected chi connectivity index (χ3v) is 3.26. The second kappa shape index (κ2) is 6.00. The van der Waals surface area contributed by atoms with Gasteiger partial charge in [-0.05, 0) is 40.5 Å². The molecule has 1 aromatic heterocycles. The van der Waals surface area contributed by atoms with Crippen molar-refractivity contribution in [1.82, 2.24) is 9.55 Å². The van der Waals surface area contributed by atoms with Crippen LogP contribution in [-0.2, 0) is 13.1 Å². The van der Waals surface area contributed by atoms with E-state index in [2.05, 4.69) is 37.7 Å². The van der Waals surface area contributed by atoms with E-state index in [1.54, 1.807) is 12.1 Å². The highest BCUT2D eigenvalue weighted by atomic mass is 79.9. The van der Waals surface area contributed by atoms with E-state index >= 15 is 0 Å². The fraction of sp³-hybridized carbons (Fsp3) is 0.308. The molecule has 96 valence electrons. The van der Waals surface area contributed by atoms with E-state index in [1.165, 1.54) is 6.07 Å². The number of benzene rings is 1. The molecular formula is C13H15BrFN3. The summed E-state index contributed by atoms with van der Waals surface area (Å²) in [6.45, 7) is 3.77. The molecule has 0 radical (unpaired) electrons. The van der Waals surface area contributed by atoms with Crippen molar-refractivity contribution < 1.29 is 4.39 Å². The van der Waals surface area contributed by atoms with Crippen molar-refractivity contribution in [2.45, 2.75) is 26.4 Å². The van der Waals surface area contributed by atoms with E-state index in [-0.39, 0.29) is 5.82 Å². The van der Waals surface area contributed by atoms with E-state index in [1.807, 2.05) is 12.5 Å². The van der Waals surface area contributed by atoms with Gasteiger partial charge in [0, 0.05) is 18.4 Å². The Kier molecular flexibility index (Phi) is 4.36. The molecule has 1 aromatic carbocycles. The zero-order valence-corrected chi connectivity index (χ0v) is 11.7. The number of halogens is 2. The number of aryl methyl sites for hydroxylation is 1. The minimum Gasteiger partial charge on any atom is -0.379 e. The minimum atomic E-state index is -0.253. The Hall–Kier alpha value is -1.36. The fourth-order valence-corrected chi connectivity index (χ4v) is 2.12. The molecule has 0 amide bonds. The van der Waals surface area contributed by atoms with E-state index < -0.39 is 0 Å². The average Bonchev–Trinajstić information content (AvgIpc) is 2.79. The highest BCUT2D eigenvalue weighted by Gasteiger charge is 2.03. The predicted molar refractivity (Wildman–Crippen MR) is 73.9 cm³/mol. The number of anilines is 1. The Balaban J connectivity index is 2.02. The molecule has 0 aliphatic heterocycles. The van der Waals surface area contributed by atoms with Gasteiger partial charge >= 0.3 is 0 Å². The Morgan fingerprint density at radius 1 is 1.44 bits per heavy atom. The van der Waals surface area contributed by atoms with Crippen molar-refractivity contribution in [3.8, 4) is 0 Å². The number of imidazole rings is 1. The van der Waals surface area contributed by atoms with Gasteiger partial charge in [-0.1, -0.05) is 6.92 Å². The second-order valence-corrected chi connectivity index (χ2v) is 4.92. The van der Waals surface area contributed by atoms with Crippen molar-refractivity contribution >= 4 is 21.6 Å². The molecular weight excluding hydrogens is 297 g/mol. The van der Waals surface area contributed by atoms with Crippen LogP contribution in [0.25, 0.3) is 0 Å². The number of hydrogen-bond donors (Lipinski definition) is 1. The largest absolute Gasteiger partial charge is 0.379 e. The quantitative estimate of drug-likeness (QED) is 0.910. The highest BCUT2D eigenvalue weighted by Crippen LogP contribution is 2.20. The van der Waals surface area contributed by atoms with Crippen LogP contribution in [-0.4, -0.2) is 9.55 Å². The molecule has 0 unspecified atom stereocenters. The summed E-state index contributed by atoms with van der Waals surface area (Å²) < 4.78 is 15.7. The minimum absolute atomic E-state index is 0.253. The second-order valence-electron chi connectivity index (χ2n) is 4.06. The van der Waals surface area contributed by atoms with Gasteiger partial charge in [-0.25, -0.2) is 9.37 Å². The van der Waals surface area contributed by atoms with Crippen LogP contribution in [0.4, 0.5) is 10.1 Å². The van der Waals surface area contributed by atoms with E-state index in [0.717, 1.165) is 24.3 Å². The van der Waals surface area contributed by atoms with Gasteiger partial charge in [-0.2, -0.15) is 0 Å². The summed E-state index contributed by atoms with van der Waals surface area (Å²) in [6.07, 6.45) is 4.76. The Labute approximate surface area is 114 Å². The number of nitrogens with zero attached hydrogens (tertiary/aromatic N) is 2. The number of hydrogen-bond acceptors (Lipinski definition) is 2. The van der Waals surface area contributed by atoms with Crippen LogP contribution >= 0.6 is 15.9 Å². The Morgan fingerprint density at radius 3 is 3.00 bits per heavy atom. The molecule has 0 saturated carbocycles. The molecule has 2 rings (SSSR count). The SMILES string of the molecule is CCCn1cncc1CNc1ccc(F)c(Br)c1. The maximum Gasteiger partial charge on any atom is 0.137 e. The lowest BCUT2D eigenvalue weighted by atomic mass is 10.3.